The summed E-state index contributed by atoms with van der Waals surface area (Å²) >= 11 is 0. The lowest BCUT2D eigenvalue weighted by Crippen LogP contribution is -2.44. The Morgan fingerprint density at radius 1 is 1.00 bits per heavy atom. The lowest BCUT2D eigenvalue weighted by atomic mass is 10.1. The van der Waals surface area contributed by atoms with Crippen LogP contribution in [0.1, 0.15) is 37.7 Å². The van der Waals surface area contributed by atoms with Crippen molar-refractivity contribution in [3.05, 3.63) is 60.0 Å². The minimum absolute atomic E-state index is 0.0304. The van der Waals surface area contributed by atoms with Crippen LogP contribution >= 0.6 is 0 Å². The molecule has 2 aromatic carbocycles. The molecule has 0 saturated heterocycles. The zero-order valence-corrected chi connectivity index (χ0v) is 23.2. The molecule has 0 fully saturated rings. The predicted octanol–water partition coefficient (Wildman–Crippen LogP) is 3.88. The number of nitrogens with zero attached hydrogens (tertiary/aromatic N) is 2. The summed E-state index contributed by atoms with van der Waals surface area (Å²) < 4.78 is 36.2. The van der Waals surface area contributed by atoms with E-state index < -0.39 is 35.4 Å². The van der Waals surface area contributed by atoms with Crippen molar-refractivity contribution in [2.24, 2.45) is 0 Å². The number of esters is 1. The van der Waals surface area contributed by atoms with Crippen LogP contribution in [-0.4, -0.2) is 67.3 Å². The zero-order valence-electron chi connectivity index (χ0n) is 23.2. The Balaban J connectivity index is 1.94. The van der Waals surface area contributed by atoms with Crippen LogP contribution in [0.4, 0.5) is 9.18 Å². The zero-order chi connectivity index (χ0) is 29.4. The molecule has 0 saturated carbocycles. The maximum Gasteiger partial charge on any atom is 0.407 e. The van der Waals surface area contributed by atoms with Gasteiger partial charge >= 0.3 is 12.1 Å². The largest absolute Gasteiger partial charge is 0.496 e. The molecule has 11 nitrogen and oxygen atoms in total. The summed E-state index contributed by atoms with van der Waals surface area (Å²) in [4.78, 5) is 37.7. The topological polar surface area (TPSA) is 130 Å². The molecule has 0 radical (unpaired) electrons. The average molecular weight is 557 g/mol. The van der Waals surface area contributed by atoms with E-state index in [0.29, 0.717) is 28.4 Å². The highest BCUT2D eigenvalue weighted by molar-refractivity contribution is 5.96. The molecule has 1 atom stereocenters. The maximum atomic E-state index is 13.7. The Morgan fingerprint density at radius 3 is 2.17 bits per heavy atom. The quantitative estimate of drug-likeness (QED) is 0.360. The highest BCUT2D eigenvalue weighted by Gasteiger charge is 2.27. The number of rotatable bonds is 10. The van der Waals surface area contributed by atoms with Gasteiger partial charge in [-0.3, -0.25) is 4.79 Å². The fourth-order valence-corrected chi connectivity index (χ4v) is 3.81. The van der Waals surface area contributed by atoms with Gasteiger partial charge in [-0.05, 0) is 69.7 Å². The second-order valence-electron chi connectivity index (χ2n) is 9.61. The van der Waals surface area contributed by atoms with E-state index in [1.807, 2.05) is 0 Å². The van der Waals surface area contributed by atoms with Crippen LogP contribution in [0.25, 0.3) is 16.9 Å². The summed E-state index contributed by atoms with van der Waals surface area (Å²) in [5, 5.41) is 9.61. The molecule has 0 aliphatic carbocycles. The van der Waals surface area contributed by atoms with Crippen molar-refractivity contribution in [2.75, 3.05) is 27.9 Å². The number of aromatic nitrogens is 2. The Bertz CT molecular complexity index is 1330. The molecule has 2 amide bonds. The second-order valence-corrected chi connectivity index (χ2v) is 9.61. The van der Waals surface area contributed by atoms with Crippen molar-refractivity contribution >= 4 is 18.0 Å². The number of hydrogen-bond acceptors (Lipinski definition) is 8. The first kappa shape index (κ1) is 29.9. The van der Waals surface area contributed by atoms with Crippen LogP contribution in [-0.2, 0) is 14.3 Å². The summed E-state index contributed by atoms with van der Waals surface area (Å²) in [7, 11) is 4.19. The monoisotopic (exact) mass is 556 g/mol. The van der Waals surface area contributed by atoms with Crippen molar-refractivity contribution in [3.63, 3.8) is 0 Å². The highest BCUT2D eigenvalue weighted by atomic mass is 19.1. The molecule has 2 N–H and O–H groups in total. The van der Waals surface area contributed by atoms with Crippen molar-refractivity contribution < 1.29 is 37.7 Å². The fraction of sp³-hybridized carbons (Fsp3) is 0.357. The molecule has 3 rings (SSSR count). The molecule has 12 heteroatoms. The van der Waals surface area contributed by atoms with Gasteiger partial charge in [0, 0.05) is 6.54 Å². The molecular formula is C28H33FN4O7. The fourth-order valence-electron chi connectivity index (χ4n) is 3.81. The highest BCUT2D eigenvalue weighted by Crippen LogP contribution is 2.39. The minimum atomic E-state index is -1.09. The van der Waals surface area contributed by atoms with Gasteiger partial charge in [-0.2, -0.15) is 5.10 Å². The molecule has 0 unspecified atom stereocenters. The van der Waals surface area contributed by atoms with Gasteiger partial charge in [0.05, 0.1) is 38.3 Å². The van der Waals surface area contributed by atoms with Crippen LogP contribution < -0.4 is 20.1 Å². The second kappa shape index (κ2) is 13.0. The van der Waals surface area contributed by atoms with Gasteiger partial charge in [-0.25, -0.2) is 18.7 Å². The Labute approximate surface area is 231 Å². The van der Waals surface area contributed by atoms with E-state index in [4.69, 9.17) is 18.9 Å². The molecule has 0 aliphatic heterocycles. The van der Waals surface area contributed by atoms with E-state index >= 15 is 0 Å². The molecule has 0 spiro atoms. The van der Waals surface area contributed by atoms with Crippen LogP contribution in [0.3, 0.4) is 0 Å². The van der Waals surface area contributed by atoms with E-state index in [9.17, 15) is 18.8 Å². The number of benzene rings is 2. The van der Waals surface area contributed by atoms with Gasteiger partial charge in [-0.15, -0.1) is 0 Å². The molecule has 214 valence electrons. The first-order valence-corrected chi connectivity index (χ1v) is 12.4. The third kappa shape index (κ3) is 7.49. The van der Waals surface area contributed by atoms with E-state index in [0.717, 1.165) is 0 Å². The number of halogens is 1. The van der Waals surface area contributed by atoms with Crippen molar-refractivity contribution in [1.82, 2.24) is 20.4 Å². The van der Waals surface area contributed by atoms with Crippen LogP contribution in [0.5, 0.6) is 11.5 Å². The molecule has 1 aromatic heterocycles. The maximum absolute atomic E-state index is 13.7. The van der Waals surface area contributed by atoms with Crippen LogP contribution in [0.2, 0.25) is 0 Å². The van der Waals surface area contributed by atoms with E-state index in [-0.39, 0.29) is 18.7 Å². The summed E-state index contributed by atoms with van der Waals surface area (Å²) in [6.45, 7) is 5.21. The molecule has 1 heterocycles. The summed E-state index contributed by atoms with van der Waals surface area (Å²) in [5.74, 6) is -0.913. The first-order valence-electron chi connectivity index (χ1n) is 12.4. The van der Waals surface area contributed by atoms with E-state index in [1.165, 1.54) is 56.3 Å². The number of ether oxygens (including phenoxy) is 4. The van der Waals surface area contributed by atoms with Gasteiger partial charge in [0.25, 0.3) is 5.91 Å². The summed E-state index contributed by atoms with van der Waals surface area (Å²) in [5.41, 5.74) is 0.670. The Hall–Kier alpha value is -4.61. The van der Waals surface area contributed by atoms with Crippen molar-refractivity contribution in [2.45, 2.75) is 38.8 Å². The van der Waals surface area contributed by atoms with E-state index in [2.05, 4.69) is 15.7 Å². The molecule has 40 heavy (non-hydrogen) atoms. The third-order valence-electron chi connectivity index (χ3n) is 5.59. The molecule has 0 bridgehead atoms. The van der Waals surface area contributed by atoms with E-state index in [1.54, 1.807) is 39.0 Å². The van der Waals surface area contributed by atoms with Crippen LogP contribution in [0.15, 0.2) is 48.5 Å². The Morgan fingerprint density at radius 2 is 1.62 bits per heavy atom. The predicted molar refractivity (Wildman–Crippen MR) is 144 cm³/mol. The minimum Gasteiger partial charge on any atom is -0.496 e. The first-order chi connectivity index (χ1) is 19.0. The van der Waals surface area contributed by atoms with Crippen molar-refractivity contribution in [1.29, 1.82) is 0 Å². The number of carbonyl (C=O) groups is 3. The number of alkyl carbamates (subject to hydrolysis) is 1. The molecular weight excluding hydrogens is 523 g/mol. The average Bonchev–Trinajstić information content (AvgIpc) is 3.36. The summed E-state index contributed by atoms with van der Waals surface area (Å²) in [6.07, 6.45) is -0.625. The SMILES string of the molecule is COC(=O)[C@H](CCNC(=O)OC(C)(C)C)NC(=O)c1cc(-c2c(OC)cccc2OC)n(-c2ccc(F)cc2)n1. The molecule has 3 aromatic rings. The third-order valence-corrected chi connectivity index (χ3v) is 5.59. The number of hydrogen-bond donors (Lipinski definition) is 2. The number of nitrogens with one attached hydrogen (secondary N) is 2. The number of methoxy groups -OCH3 is 3. The van der Waals surface area contributed by atoms with Gasteiger partial charge < -0.3 is 29.6 Å². The lowest BCUT2D eigenvalue weighted by Gasteiger charge is -2.20. The van der Waals surface area contributed by atoms with Gasteiger partial charge in [0.15, 0.2) is 5.69 Å². The normalized spacial score (nSPS) is 11.8. The van der Waals surface area contributed by atoms with Gasteiger partial charge in [0.1, 0.15) is 29.0 Å². The Kier molecular flexibility index (Phi) is 9.70. The van der Waals surface area contributed by atoms with Crippen molar-refractivity contribution in [3.8, 4) is 28.4 Å². The molecule has 0 aliphatic rings. The van der Waals surface area contributed by atoms with Gasteiger partial charge in [-0.1, -0.05) is 6.07 Å². The lowest BCUT2D eigenvalue weighted by molar-refractivity contribution is -0.143. The standard InChI is InChI=1S/C28H33FN4O7/c1-28(2,3)40-27(36)30-15-14-19(26(35)39-6)31-25(34)20-16-21(24-22(37-4)8-7-9-23(24)38-5)33(32-20)18-12-10-17(29)11-13-18/h7-13,16,19H,14-15H2,1-6H3,(H,30,36)(H,31,34)/t19-/m0/s1. The van der Waals surface area contributed by atoms with Crippen LogP contribution in [0, 0.1) is 5.82 Å². The number of amides is 2. The number of carbonyl (C=O) groups excluding carboxylic acids is 3. The van der Waals surface area contributed by atoms with Gasteiger partial charge in [0.2, 0.25) is 0 Å². The summed E-state index contributed by atoms with van der Waals surface area (Å²) in [6, 6.07) is 11.2. The smallest absolute Gasteiger partial charge is 0.407 e.